The highest BCUT2D eigenvalue weighted by Gasteiger charge is 2.30. The van der Waals surface area contributed by atoms with Crippen LogP contribution in [0.1, 0.15) is 22.5 Å². The van der Waals surface area contributed by atoms with Crippen LogP contribution in [-0.4, -0.2) is 56.0 Å². The second-order valence-corrected chi connectivity index (χ2v) is 8.46. The fraction of sp³-hybridized carbons (Fsp3) is 0.346. The summed E-state index contributed by atoms with van der Waals surface area (Å²) in [6.45, 7) is -0.170. The molecule has 0 aliphatic carbocycles. The number of methoxy groups -OCH3 is 1. The fourth-order valence-corrected chi connectivity index (χ4v) is 4.25. The number of benzene rings is 2. The van der Waals surface area contributed by atoms with E-state index in [9.17, 15) is 22.4 Å². The average Bonchev–Trinajstić information content (AvgIpc) is 3.20. The van der Waals surface area contributed by atoms with Crippen LogP contribution in [0.2, 0.25) is 0 Å². The van der Waals surface area contributed by atoms with Crippen LogP contribution >= 0.6 is 0 Å². The maximum Gasteiger partial charge on any atom is 0.406 e. The molecule has 0 saturated carbocycles. The lowest BCUT2D eigenvalue weighted by molar-refractivity contribution is -0.140. The fourth-order valence-electron chi connectivity index (χ4n) is 4.25. The molecular weight excluding hydrogens is 476 g/mol. The van der Waals surface area contributed by atoms with Gasteiger partial charge in [-0.3, -0.25) is 4.79 Å². The molecule has 36 heavy (non-hydrogen) atoms. The Balaban J connectivity index is 1.61. The number of nitrogens with zero attached hydrogens (tertiary/aromatic N) is 1. The number of aromatic nitrogens is 1. The van der Waals surface area contributed by atoms with E-state index < -0.39 is 24.9 Å². The van der Waals surface area contributed by atoms with E-state index in [-0.39, 0.29) is 18.8 Å². The number of fused-ring (bicyclic) bond motifs is 1. The van der Waals surface area contributed by atoms with Gasteiger partial charge in [0.25, 0.3) is 0 Å². The highest BCUT2D eigenvalue weighted by Crippen LogP contribution is 2.31. The molecule has 1 aliphatic rings. The summed E-state index contributed by atoms with van der Waals surface area (Å²) in [6.07, 6.45) is -4.28. The van der Waals surface area contributed by atoms with E-state index in [2.05, 4.69) is 27.8 Å². The molecule has 3 aromatic rings. The Morgan fingerprint density at radius 2 is 2.06 bits per heavy atom. The van der Waals surface area contributed by atoms with E-state index in [0.717, 1.165) is 4.57 Å². The lowest BCUT2D eigenvalue weighted by atomic mass is 10.0. The lowest BCUT2D eigenvalue weighted by Gasteiger charge is -2.28. The number of hydrogen-bond donors (Lipinski definition) is 3. The van der Waals surface area contributed by atoms with Gasteiger partial charge in [-0.1, -0.05) is 12.0 Å². The molecule has 10 heteroatoms. The van der Waals surface area contributed by atoms with E-state index in [4.69, 9.17) is 4.74 Å². The van der Waals surface area contributed by atoms with Crippen LogP contribution < -0.4 is 20.7 Å². The summed E-state index contributed by atoms with van der Waals surface area (Å²) in [5.41, 5.74) is 2.19. The lowest BCUT2D eigenvalue weighted by Crippen LogP contribution is -2.45. The Hall–Kier alpha value is -3.71. The van der Waals surface area contributed by atoms with Crippen molar-refractivity contribution in [3.05, 3.63) is 53.7 Å². The topological polar surface area (TPSA) is 67.3 Å². The predicted octanol–water partition coefficient (Wildman–Crippen LogP) is 4.60. The molecule has 2 unspecified atom stereocenters. The van der Waals surface area contributed by atoms with Crippen molar-refractivity contribution in [3.63, 3.8) is 0 Å². The molecule has 2 aromatic carbocycles. The summed E-state index contributed by atoms with van der Waals surface area (Å²) in [5, 5.41) is 9.77. The van der Waals surface area contributed by atoms with Gasteiger partial charge in [-0.2, -0.15) is 13.2 Å². The minimum absolute atomic E-state index is 0.133. The van der Waals surface area contributed by atoms with Crippen LogP contribution in [-0.2, 0) is 6.54 Å². The minimum Gasteiger partial charge on any atom is -0.495 e. The minimum atomic E-state index is -4.45. The Morgan fingerprint density at radius 3 is 2.78 bits per heavy atom. The molecule has 0 spiro atoms. The van der Waals surface area contributed by atoms with E-state index in [1.165, 1.54) is 7.11 Å². The van der Waals surface area contributed by atoms with Gasteiger partial charge in [-0.25, -0.2) is 4.39 Å². The first-order valence-electron chi connectivity index (χ1n) is 11.5. The normalized spacial score (nSPS) is 17.8. The van der Waals surface area contributed by atoms with Crippen molar-refractivity contribution in [1.29, 1.82) is 0 Å². The number of piperidine rings is 1. The molecule has 2 heterocycles. The van der Waals surface area contributed by atoms with Crippen molar-refractivity contribution < 1.29 is 27.1 Å². The quantitative estimate of drug-likeness (QED) is 0.250. The number of carbonyl (C=O) groups excluding carboxylic acids is 1. The third kappa shape index (κ3) is 5.91. The van der Waals surface area contributed by atoms with Gasteiger partial charge in [-0.05, 0) is 55.3 Å². The first-order valence-corrected chi connectivity index (χ1v) is 11.5. The summed E-state index contributed by atoms with van der Waals surface area (Å²) in [4.78, 5) is 11.0. The highest BCUT2D eigenvalue weighted by atomic mass is 19.4. The smallest absolute Gasteiger partial charge is 0.406 e. The largest absolute Gasteiger partial charge is 0.495 e. The molecular formula is C26H26F4N4O2. The Kier molecular flexibility index (Phi) is 7.70. The van der Waals surface area contributed by atoms with Gasteiger partial charge >= 0.3 is 6.18 Å². The molecule has 6 nitrogen and oxygen atoms in total. The van der Waals surface area contributed by atoms with Crippen molar-refractivity contribution >= 4 is 28.6 Å². The number of carbonyl (C=O) groups is 1. The molecule has 3 N–H and O–H groups in total. The van der Waals surface area contributed by atoms with Crippen molar-refractivity contribution in [2.75, 3.05) is 37.4 Å². The molecule has 0 radical (unpaired) electrons. The summed E-state index contributed by atoms with van der Waals surface area (Å²) in [5.74, 6) is 6.15. The molecule has 1 aliphatic heterocycles. The first kappa shape index (κ1) is 25.4. The van der Waals surface area contributed by atoms with Crippen molar-refractivity contribution in [3.8, 4) is 17.6 Å². The van der Waals surface area contributed by atoms with E-state index in [0.29, 0.717) is 52.8 Å². The van der Waals surface area contributed by atoms with Crippen molar-refractivity contribution in [2.45, 2.75) is 31.4 Å². The second-order valence-electron chi connectivity index (χ2n) is 8.46. The molecule has 1 fully saturated rings. The SMILES string of the molecule is COc1cc(C=O)ccc1NCC#Cc1cc2c(NC3CCNCC3F)cccc2n1CC(F)(F)F. The van der Waals surface area contributed by atoms with Crippen molar-refractivity contribution in [2.24, 2.45) is 0 Å². The summed E-state index contributed by atoms with van der Waals surface area (Å²) in [7, 11) is 1.47. The van der Waals surface area contributed by atoms with Crippen LogP contribution in [0.15, 0.2) is 42.5 Å². The molecule has 4 rings (SSSR count). The van der Waals surface area contributed by atoms with E-state index in [1.807, 2.05) is 0 Å². The summed E-state index contributed by atoms with van der Waals surface area (Å²) in [6, 6.07) is 11.0. The third-order valence-electron chi connectivity index (χ3n) is 5.98. The summed E-state index contributed by atoms with van der Waals surface area (Å²) < 4.78 is 61.0. The zero-order chi connectivity index (χ0) is 25.7. The Bertz CT molecular complexity index is 1290. The standard InChI is InChI=1S/C26H26F4N4O2/c1-36-25-12-17(15-35)7-8-23(25)32-10-3-4-18-13-19-21(33-22-9-11-31-14-20(22)27)5-2-6-24(19)34(18)16-26(28,29)30/h2,5-8,12-13,15,20,22,31-33H,9-11,14,16H2,1H3. The monoisotopic (exact) mass is 502 g/mol. The molecule has 190 valence electrons. The van der Waals surface area contributed by atoms with Crippen molar-refractivity contribution in [1.82, 2.24) is 9.88 Å². The van der Waals surface area contributed by atoms with Crippen LogP contribution in [0.25, 0.3) is 10.9 Å². The number of rotatable bonds is 7. The molecule has 2 atom stereocenters. The highest BCUT2D eigenvalue weighted by molar-refractivity contribution is 5.94. The number of hydrogen-bond acceptors (Lipinski definition) is 5. The average molecular weight is 503 g/mol. The maximum atomic E-state index is 14.3. The van der Waals surface area contributed by atoms with Gasteiger partial charge in [-0.15, -0.1) is 0 Å². The van der Waals surface area contributed by atoms with Gasteiger partial charge in [0.05, 0.1) is 36.6 Å². The van der Waals surface area contributed by atoms with Gasteiger partial charge < -0.3 is 25.3 Å². The number of ether oxygens (including phenoxy) is 1. The zero-order valence-corrected chi connectivity index (χ0v) is 19.6. The molecule has 0 bridgehead atoms. The van der Waals surface area contributed by atoms with Crippen LogP contribution in [0.5, 0.6) is 5.75 Å². The van der Waals surface area contributed by atoms with Crippen LogP contribution in [0.3, 0.4) is 0 Å². The predicted molar refractivity (Wildman–Crippen MR) is 132 cm³/mol. The number of nitrogens with one attached hydrogen (secondary N) is 3. The maximum absolute atomic E-state index is 14.3. The van der Waals surface area contributed by atoms with Gasteiger partial charge in [0.1, 0.15) is 24.8 Å². The number of anilines is 2. The van der Waals surface area contributed by atoms with Crippen LogP contribution in [0.4, 0.5) is 28.9 Å². The first-order chi connectivity index (χ1) is 17.3. The molecule has 1 saturated heterocycles. The molecule has 1 aromatic heterocycles. The number of alkyl halides is 4. The van der Waals surface area contributed by atoms with Gasteiger partial charge in [0.2, 0.25) is 0 Å². The van der Waals surface area contributed by atoms with Gasteiger partial charge in [0, 0.05) is 23.2 Å². The van der Waals surface area contributed by atoms with E-state index in [1.54, 1.807) is 42.5 Å². The van der Waals surface area contributed by atoms with Crippen LogP contribution in [0, 0.1) is 11.8 Å². The molecule has 0 amide bonds. The zero-order valence-electron chi connectivity index (χ0n) is 19.6. The summed E-state index contributed by atoms with van der Waals surface area (Å²) >= 11 is 0. The van der Waals surface area contributed by atoms with Gasteiger partial charge in [0.15, 0.2) is 0 Å². The van der Waals surface area contributed by atoms with E-state index >= 15 is 0 Å². The Labute approximate surface area is 206 Å². The number of aldehydes is 1. The number of halogens is 4. The Morgan fingerprint density at radius 1 is 1.22 bits per heavy atom. The third-order valence-corrected chi connectivity index (χ3v) is 5.98. The second kappa shape index (κ2) is 10.9.